The number of carbonyl (C=O) groups is 1. The molecule has 6 nitrogen and oxygen atoms in total. The molecule has 0 unspecified atom stereocenters. The van der Waals surface area contributed by atoms with E-state index in [-0.39, 0.29) is 4.31 Å². The smallest absolute Gasteiger partial charge is 0.421 e. The largest absolute Gasteiger partial charge is 0.464 e. The number of amides is 1. The minimum Gasteiger partial charge on any atom is -0.464 e. The zero-order valence-corrected chi connectivity index (χ0v) is 12.7. The van der Waals surface area contributed by atoms with E-state index in [9.17, 15) is 13.2 Å². The highest BCUT2D eigenvalue weighted by atomic mass is 32.2. The van der Waals surface area contributed by atoms with Gasteiger partial charge in [0.2, 0.25) is 0 Å². The van der Waals surface area contributed by atoms with Crippen molar-refractivity contribution in [2.75, 3.05) is 7.05 Å². The van der Waals surface area contributed by atoms with Gasteiger partial charge in [0.1, 0.15) is 0 Å². The molecular weight excluding hydrogens is 304 g/mol. The SMILES string of the molecule is CN(C(=O)O)S(=O)(=O)NC(c1ccccc1)c1ccccc1. The van der Waals surface area contributed by atoms with Gasteiger partial charge in [0, 0.05) is 7.05 Å². The first-order valence-corrected chi connectivity index (χ1v) is 7.95. The van der Waals surface area contributed by atoms with Gasteiger partial charge in [-0.05, 0) is 11.1 Å². The Hall–Kier alpha value is -2.38. The van der Waals surface area contributed by atoms with Gasteiger partial charge >= 0.3 is 16.3 Å². The molecule has 2 N–H and O–H groups in total. The summed E-state index contributed by atoms with van der Waals surface area (Å²) in [5.41, 5.74) is 1.44. The van der Waals surface area contributed by atoms with Crippen LogP contribution in [0.5, 0.6) is 0 Å². The van der Waals surface area contributed by atoms with Crippen LogP contribution in [0.4, 0.5) is 4.79 Å². The zero-order valence-electron chi connectivity index (χ0n) is 11.9. The quantitative estimate of drug-likeness (QED) is 0.884. The molecule has 116 valence electrons. The number of nitrogens with one attached hydrogen (secondary N) is 1. The van der Waals surface area contributed by atoms with E-state index in [1.165, 1.54) is 0 Å². The van der Waals surface area contributed by atoms with E-state index >= 15 is 0 Å². The molecule has 2 aromatic carbocycles. The lowest BCUT2D eigenvalue weighted by molar-refractivity contribution is 0.177. The maximum Gasteiger partial charge on any atom is 0.421 e. The Morgan fingerprint density at radius 1 is 1.00 bits per heavy atom. The molecule has 0 saturated carbocycles. The molecule has 0 aromatic heterocycles. The molecule has 0 radical (unpaired) electrons. The number of hydrogen-bond acceptors (Lipinski definition) is 3. The maximum absolute atomic E-state index is 12.2. The van der Waals surface area contributed by atoms with Gasteiger partial charge in [0.15, 0.2) is 0 Å². The molecule has 0 heterocycles. The third-order valence-corrected chi connectivity index (χ3v) is 4.57. The second-order valence-corrected chi connectivity index (χ2v) is 6.36. The third-order valence-electron chi connectivity index (χ3n) is 3.16. The van der Waals surface area contributed by atoms with Gasteiger partial charge in [-0.25, -0.2) is 4.79 Å². The van der Waals surface area contributed by atoms with Crippen molar-refractivity contribution in [2.24, 2.45) is 0 Å². The fourth-order valence-electron chi connectivity index (χ4n) is 1.95. The Morgan fingerprint density at radius 2 is 1.41 bits per heavy atom. The average molecular weight is 320 g/mol. The van der Waals surface area contributed by atoms with Gasteiger partial charge in [-0.3, -0.25) is 0 Å². The second-order valence-electron chi connectivity index (χ2n) is 4.63. The lowest BCUT2D eigenvalue weighted by atomic mass is 10.00. The van der Waals surface area contributed by atoms with E-state index < -0.39 is 22.3 Å². The van der Waals surface area contributed by atoms with Crippen LogP contribution >= 0.6 is 0 Å². The van der Waals surface area contributed by atoms with Crippen LogP contribution in [-0.4, -0.2) is 31.0 Å². The van der Waals surface area contributed by atoms with Gasteiger partial charge in [0.25, 0.3) is 0 Å². The monoisotopic (exact) mass is 320 g/mol. The van der Waals surface area contributed by atoms with E-state index in [2.05, 4.69) is 4.72 Å². The van der Waals surface area contributed by atoms with Crippen molar-refractivity contribution in [2.45, 2.75) is 6.04 Å². The summed E-state index contributed by atoms with van der Waals surface area (Å²) >= 11 is 0. The van der Waals surface area contributed by atoms with Gasteiger partial charge in [0.05, 0.1) is 6.04 Å². The molecule has 2 rings (SSSR count). The molecule has 0 aliphatic heterocycles. The molecule has 1 amide bonds. The van der Waals surface area contributed by atoms with Gasteiger partial charge in [-0.2, -0.15) is 17.4 Å². The molecule has 22 heavy (non-hydrogen) atoms. The molecule has 0 spiro atoms. The predicted octanol–water partition coefficient (Wildman–Crippen LogP) is 2.22. The molecule has 0 aliphatic rings. The topological polar surface area (TPSA) is 86.7 Å². The standard InChI is InChI=1S/C15H16N2O4S/c1-17(15(18)19)22(20,21)16-14(12-8-4-2-5-9-12)13-10-6-3-7-11-13/h2-11,14,16H,1H3,(H,18,19). The van der Waals surface area contributed by atoms with E-state index in [0.717, 1.165) is 18.2 Å². The molecule has 0 fully saturated rings. The molecular formula is C15H16N2O4S. The Labute approximate surface area is 129 Å². The van der Waals surface area contributed by atoms with Crippen LogP contribution in [0.1, 0.15) is 17.2 Å². The van der Waals surface area contributed by atoms with Crippen molar-refractivity contribution >= 4 is 16.3 Å². The summed E-state index contributed by atoms with van der Waals surface area (Å²) in [7, 11) is -3.19. The highest BCUT2D eigenvalue weighted by molar-refractivity contribution is 7.87. The minimum atomic E-state index is -4.17. The summed E-state index contributed by atoms with van der Waals surface area (Å²) in [6.07, 6.45) is -1.55. The van der Waals surface area contributed by atoms with Crippen LogP contribution in [0.2, 0.25) is 0 Å². The normalized spacial score (nSPS) is 11.4. The van der Waals surface area contributed by atoms with E-state index in [0.29, 0.717) is 0 Å². The first-order chi connectivity index (χ1) is 10.4. The number of rotatable bonds is 5. The zero-order chi connectivity index (χ0) is 16.2. The number of nitrogens with zero attached hydrogens (tertiary/aromatic N) is 1. The van der Waals surface area contributed by atoms with Crippen LogP contribution in [0.15, 0.2) is 60.7 Å². The van der Waals surface area contributed by atoms with E-state index in [1.54, 1.807) is 48.5 Å². The van der Waals surface area contributed by atoms with Crippen molar-refractivity contribution in [3.8, 4) is 0 Å². The lowest BCUT2D eigenvalue weighted by Gasteiger charge is -2.22. The predicted molar refractivity (Wildman–Crippen MR) is 82.6 cm³/mol. The summed E-state index contributed by atoms with van der Waals surface area (Å²) in [4.78, 5) is 10.9. The minimum absolute atomic E-state index is 0.256. The number of hydrogen-bond donors (Lipinski definition) is 2. The Kier molecular flexibility index (Phi) is 4.79. The second kappa shape index (κ2) is 6.59. The van der Waals surface area contributed by atoms with E-state index in [1.807, 2.05) is 12.1 Å². The summed E-state index contributed by atoms with van der Waals surface area (Å²) < 4.78 is 27.0. The van der Waals surface area contributed by atoms with Crippen molar-refractivity contribution in [1.82, 2.24) is 9.03 Å². The summed E-state index contributed by atoms with van der Waals surface area (Å²) in [5.74, 6) is 0. The number of carboxylic acid groups (broad SMARTS) is 1. The molecule has 0 saturated heterocycles. The van der Waals surface area contributed by atoms with Gasteiger partial charge < -0.3 is 5.11 Å². The van der Waals surface area contributed by atoms with Crippen LogP contribution in [0.3, 0.4) is 0 Å². The average Bonchev–Trinajstić information content (AvgIpc) is 2.53. The first kappa shape index (κ1) is 16.0. The van der Waals surface area contributed by atoms with Crippen molar-refractivity contribution in [3.05, 3.63) is 71.8 Å². The van der Waals surface area contributed by atoms with Crippen LogP contribution < -0.4 is 4.72 Å². The Bertz CT molecular complexity index is 693. The van der Waals surface area contributed by atoms with Crippen LogP contribution in [0.25, 0.3) is 0 Å². The van der Waals surface area contributed by atoms with Crippen molar-refractivity contribution < 1.29 is 18.3 Å². The summed E-state index contributed by atoms with van der Waals surface area (Å²) in [6.45, 7) is 0. The van der Waals surface area contributed by atoms with Gasteiger partial charge in [-0.15, -0.1) is 0 Å². The fourth-order valence-corrected chi connectivity index (χ4v) is 2.88. The molecule has 7 heteroatoms. The Balaban J connectivity index is 2.41. The Morgan fingerprint density at radius 3 is 1.77 bits per heavy atom. The van der Waals surface area contributed by atoms with Gasteiger partial charge in [-0.1, -0.05) is 60.7 Å². The fraction of sp³-hybridized carbons (Fsp3) is 0.133. The molecule has 0 aliphatic carbocycles. The van der Waals surface area contributed by atoms with Crippen LogP contribution in [0, 0.1) is 0 Å². The highest BCUT2D eigenvalue weighted by Crippen LogP contribution is 2.23. The van der Waals surface area contributed by atoms with Crippen LogP contribution in [-0.2, 0) is 10.2 Å². The van der Waals surface area contributed by atoms with Crippen molar-refractivity contribution in [3.63, 3.8) is 0 Å². The summed E-state index contributed by atoms with van der Waals surface area (Å²) in [5, 5.41) is 8.88. The maximum atomic E-state index is 12.2. The molecule has 2 aromatic rings. The summed E-state index contributed by atoms with van der Waals surface area (Å²) in [6, 6.07) is 17.3. The first-order valence-electron chi connectivity index (χ1n) is 6.51. The highest BCUT2D eigenvalue weighted by Gasteiger charge is 2.27. The lowest BCUT2D eigenvalue weighted by Crippen LogP contribution is -2.42. The number of benzene rings is 2. The van der Waals surface area contributed by atoms with Crippen molar-refractivity contribution in [1.29, 1.82) is 0 Å². The van der Waals surface area contributed by atoms with E-state index in [4.69, 9.17) is 5.11 Å². The third kappa shape index (κ3) is 3.63. The molecule has 0 bridgehead atoms. The molecule has 0 atom stereocenters.